The highest BCUT2D eigenvalue weighted by atomic mass is 127. The van der Waals surface area contributed by atoms with Crippen LogP contribution in [-0.4, -0.2) is 65.6 Å². The molecule has 1 saturated heterocycles. The summed E-state index contributed by atoms with van der Waals surface area (Å²) in [5.74, 6) is -3.31. The molecule has 0 saturated carbocycles. The van der Waals surface area contributed by atoms with Gasteiger partial charge in [0.05, 0.1) is 52.4 Å². The minimum atomic E-state index is -1.07. The third-order valence-corrected chi connectivity index (χ3v) is 9.62. The fourth-order valence-corrected chi connectivity index (χ4v) is 7.33. The second-order valence-electron chi connectivity index (χ2n) is 11.5. The van der Waals surface area contributed by atoms with Crippen LogP contribution in [0.1, 0.15) is 30.4 Å². The number of aliphatic hydroxyl groups is 2. The number of carbonyl (C=O) groups is 2. The highest BCUT2D eigenvalue weighted by Gasteiger charge is 2.55. The van der Waals surface area contributed by atoms with Crippen LogP contribution in [0.2, 0.25) is 0 Å². The van der Waals surface area contributed by atoms with Gasteiger partial charge in [-0.2, -0.15) is 0 Å². The third kappa shape index (κ3) is 6.96. The standard InChI is InChI=1S/C35H35IN2O9/c1-46-19-23-16-26-32(35(43)37(34(26)42)24-9-6-10-25(17-24)38(44)45)27(18-39)31(23)29(40)12-11-22(21-7-4-3-5-8-21)13-20-14-28(36)33(41)30(15-20)47-2/h3-10,13-15,17,26-27,29,32,39-41H,11-12,16,18-19H2,1-2H3/b22-13-/t26-,27+,29-,32-/m1/s1. The molecule has 3 N–H and O–H groups in total. The van der Waals surface area contributed by atoms with Gasteiger partial charge in [0, 0.05) is 25.2 Å². The maximum absolute atomic E-state index is 13.8. The van der Waals surface area contributed by atoms with Gasteiger partial charge in [0.2, 0.25) is 11.8 Å². The molecule has 2 aliphatic rings. The van der Waals surface area contributed by atoms with Crippen LogP contribution in [0, 0.1) is 31.4 Å². The normalized spacial score (nSPS) is 20.4. The molecule has 3 aromatic carbocycles. The molecular weight excluding hydrogens is 719 g/mol. The summed E-state index contributed by atoms with van der Waals surface area (Å²) in [5, 5.41) is 44.1. The maximum Gasteiger partial charge on any atom is 0.271 e. The SMILES string of the molecule is COCC1=C([C@H](O)CC/C(=C/c2cc(I)c(O)c(OC)c2)c2ccccc2)[C@H](CO)[C@@H]2C(=O)N(c3cccc([N+](=O)[O-])c3)C(=O)[C@@H]2C1. The Labute approximate surface area is 285 Å². The predicted octanol–water partition coefficient (Wildman–Crippen LogP) is 5.36. The molecule has 246 valence electrons. The molecular formula is C35H35IN2O9. The number of benzene rings is 3. The molecule has 4 atom stereocenters. The number of imide groups is 1. The first-order valence-corrected chi connectivity index (χ1v) is 16.1. The number of allylic oxidation sites excluding steroid dienone is 1. The molecule has 1 aliphatic carbocycles. The number of nitrogens with zero attached hydrogens (tertiary/aromatic N) is 2. The van der Waals surface area contributed by atoms with Crippen molar-refractivity contribution in [1.82, 2.24) is 0 Å². The number of aromatic hydroxyl groups is 1. The summed E-state index contributed by atoms with van der Waals surface area (Å²) in [6.45, 7) is -0.396. The second-order valence-corrected chi connectivity index (χ2v) is 12.7. The smallest absolute Gasteiger partial charge is 0.271 e. The lowest BCUT2D eigenvalue weighted by atomic mass is 9.68. The van der Waals surface area contributed by atoms with E-state index in [9.17, 15) is 35.0 Å². The number of phenols is 1. The van der Waals surface area contributed by atoms with E-state index in [1.165, 1.54) is 38.5 Å². The number of amides is 2. The zero-order valence-electron chi connectivity index (χ0n) is 25.8. The van der Waals surface area contributed by atoms with E-state index in [-0.39, 0.29) is 36.6 Å². The number of fused-ring (bicyclic) bond motifs is 1. The third-order valence-electron chi connectivity index (χ3n) is 8.80. The fourth-order valence-electron chi connectivity index (χ4n) is 6.70. The Bertz CT molecular complexity index is 1740. The van der Waals surface area contributed by atoms with Crippen LogP contribution in [0.5, 0.6) is 11.5 Å². The molecule has 5 rings (SSSR count). The van der Waals surface area contributed by atoms with Crippen LogP contribution in [0.4, 0.5) is 11.4 Å². The Morgan fingerprint density at radius 2 is 1.85 bits per heavy atom. The summed E-state index contributed by atoms with van der Waals surface area (Å²) >= 11 is 2.04. The topological polar surface area (TPSA) is 160 Å². The van der Waals surface area contributed by atoms with Crippen molar-refractivity contribution >= 4 is 57.4 Å². The summed E-state index contributed by atoms with van der Waals surface area (Å²) in [5.41, 5.74) is 3.58. The van der Waals surface area contributed by atoms with Gasteiger partial charge in [-0.1, -0.05) is 42.5 Å². The molecule has 2 amide bonds. The van der Waals surface area contributed by atoms with Gasteiger partial charge in [-0.05, 0) is 87.9 Å². The molecule has 1 fully saturated rings. The quantitative estimate of drug-likeness (QED) is 0.0553. The number of phenolic OH excluding ortho intramolecular Hbond substituents is 1. The number of non-ortho nitro benzene ring substituents is 1. The van der Waals surface area contributed by atoms with Gasteiger partial charge in [-0.15, -0.1) is 0 Å². The number of ether oxygens (including phenoxy) is 2. The van der Waals surface area contributed by atoms with Gasteiger partial charge in [0.1, 0.15) is 0 Å². The minimum Gasteiger partial charge on any atom is -0.504 e. The van der Waals surface area contributed by atoms with Crippen molar-refractivity contribution in [2.45, 2.75) is 25.4 Å². The van der Waals surface area contributed by atoms with E-state index in [1.54, 1.807) is 6.07 Å². The fraction of sp³-hybridized carbons (Fsp3) is 0.314. The van der Waals surface area contributed by atoms with Gasteiger partial charge in [-0.25, -0.2) is 4.90 Å². The van der Waals surface area contributed by atoms with Crippen molar-refractivity contribution in [2.24, 2.45) is 17.8 Å². The lowest BCUT2D eigenvalue weighted by Gasteiger charge is -2.36. The number of hydrogen-bond donors (Lipinski definition) is 3. The number of carbonyl (C=O) groups excluding carboxylic acids is 2. The van der Waals surface area contributed by atoms with Gasteiger partial charge in [-0.3, -0.25) is 19.7 Å². The minimum absolute atomic E-state index is 0.0502. The number of aliphatic hydroxyl groups excluding tert-OH is 2. The molecule has 12 heteroatoms. The molecule has 0 radical (unpaired) electrons. The van der Waals surface area contributed by atoms with Gasteiger partial charge in [0.25, 0.3) is 5.69 Å². The Hall–Kier alpha value is -4.11. The Morgan fingerprint density at radius 3 is 2.51 bits per heavy atom. The van der Waals surface area contributed by atoms with Crippen LogP contribution >= 0.6 is 22.6 Å². The van der Waals surface area contributed by atoms with Crippen LogP contribution in [-0.2, 0) is 14.3 Å². The van der Waals surface area contributed by atoms with Gasteiger partial charge >= 0.3 is 0 Å². The number of halogens is 1. The van der Waals surface area contributed by atoms with E-state index in [2.05, 4.69) is 0 Å². The highest BCUT2D eigenvalue weighted by Crippen LogP contribution is 2.48. The zero-order chi connectivity index (χ0) is 33.8. The molecule has 1 aliphatic heterocycles. The average molecular weight is 755 g/mol. The molecule has 1 heterocycles. The number of methoxy groups -OCH3 is 2. The first kappa shape index (κ1) is 34.2. The molecule has 0 aromatic heterocycles. The van der Waals surface area contributed by atoms with Crippen LogP contribution in [0.15, 0.2) is 77.9 Å². The zero-order valence-corrected chi connectivity index (χ0v) is 28.0. The highest BCUT2D eigenvalue weighted by molar-refractivity contribution is 14.1. The van der Waals surface area contributed by atoms with E-state index in [0.29, 0.717) is 26.9 Å². The second kappa shape index (κ2) is 14.8. The van der Waals surface area contributed by atoms with Crippen molar-refractivity contribution in [3.63, 3.8) is 0 Å². The van der Waals surface area contributed by atoms with E-state index in [1.807, 2.05) is 65.1 Å². The van der Waals surface area contributed by atoms with Crippen molar-refractivity contribution in [2.75, 3.05) is 32.3 Å². The van der Waals surface area contributed by atoms with Crippen LogP contribution < -0.4 is 9.64 Å². The predicted molar refractivity (Wildman–Crippen MR) is 184 cm³/mol. The van der Waals surface area contributed by atoms with E-state index >= 15 is 0 Å². The number of rotatable bonds is 12. The largest absolute Gasteiger partial charge is 0.504 e. The summed E-state index contributed by atoms with van der Waals surface area (Å²) in [4.78, 5) is 39.3. The number of nitro benzene ring substituents is 1. The molecule has 0 spiro atoms. The first-order valence-electron chi connectivity index (χ1n) is 15.0. The van der Waals surface area contributed by atoms with Crippen LogP contribution in [0.3, 0.4) is 0 Å². The van der Waals surface area contributed by atoms with Crippen molar-refractivity contribution in [3.8, 4) is 11.5 Å². The molecule has 3 aromatic rings. The first-order chi connectivity index (χ1) is 22.6. The average Bonchev–Trinajstić information content (AvgIpc) is 3.32. The summed E-state index contributed by atoms with van der Waals surface area (Å²) in [6, 6.07) is 18.6. The van der Waals surface area contributed by atoms with E-state index < -0.39 is 47.2 Å². The lowest BCUT2D eigenvalue weighted by molar-refractivity contribution is -0.384. The molecule has 11 nitrogen and oxygen atoms in total. The van der Waals surface area contributed by atoms with Crippen molar-refractivity contribution in [3.05, 3.63) is 103 Å². The maximum atomic E-state index is 13.8. The number of nitro groups is 1. The summed E-state index contributed by atoms with van der Waals surface area (Å²) in [7, 11) is 2.98. The molecule has 0 unspecified atom stereocenters. The summed E-state index contributed by atoms with van der Waals surface area (Å²) in [6.07, 6.45) is 1.68. The molecule has 0 bridgehead atoms. The number of hydrogen-bond acceptors (Lipinski definition) is 9. The molecule has 47 heavy (non-hydrogen) atoms. The van der Waals surface area contributed by atoms with E-state index in [0.717, 1.165) is 21.6 Å². The summed E-state index contributed by atoms with van der Waals surface area (Å²) < 4.78 is 11.4. The van der Waals surface area contributed by atoms with Gasteiger partial charge in [0.15, 0.2) is 11.5 Å². The lowest BCUT2D eigenvalue weighted by Crippen LogP contribution is -2.39. The van der Waals surface area contributed by atoms with E-state index in [4.69, 9.17) is 9.47 Å². The van der Waals surface area contributed by atoms with Gasteiger partial charge < -0.3 is 24.8 Å². The van der Waals surface area contributed by atoms with Crippen LogP contribution in [0.25, 0.3) is 11.6 Å². The Morgan fingerprint density at radius 1 is 1.11 bits per heavy atom. The Balaban J connectivity index is 1.46. The van der Waals surface area contributed by atoms with Crippen molar-refractivity contribution < 1.29 is 39.3 Å². The van der Waals surface area contributed by atoms with Crippen molar-refractivity contribution in [1.29, 1.82) is 0 Å². The monoisotopic (exact) mass is 754 g/mol. The number of anilines is 1. The Kier molecular flexibility index (Phi) is 10.7.